The minimum absolute atomic E-state index is 0.258. The number of carbonyl (C=O) groups excluding carboxylic acids is 1. The van der Waals surface area contributed by atoms with E-state index in [0.29, 0.717) is 5.54 Å². The molecule has 19 heavy (non-hydrogen) atoms. The minimum atomic E-state index is 0.258. The second-order valence-electron chi connectivity index (χ2n) is 5.95. The molecule has 2 aliphatic rings. The molecule has 1 saturated heterocycles. The third kappa shape index (κ3) is 2.58. The zero-order chi connectivity index (χ0) is 13.1. The van der Waals surface area contributed by atoms with Crippen LogP contribution in [0.15, 0.2) is 24.3 Å². The summed E-state index contributed by atoms with van der Waals surface area (Å²) < 4.78 is 0. The van der Waals surface area contributed by atoms with E-state index >= 15 is 0 Å². The van der Waals surface area contributed by atoms with Gasteiger partial charge in [0.1, 0.15) is 6.29 Å². The SMILES string of the molecule is O=Cc1ccccc1C1CCC2(CCCCC2)NN1. The predicted molar refractivity (Wildman–Crippen MR) is 75.9 cm³/mol. The van der Waals surface area contributed by atoms with Crippen molar-refractivity contribution >= 4 is 6.29 Å². The first kappa shape index (κ1) is 12.8. The van der Waals surface area contributed by atoms with Crippen molar-refractivity contribution in [1.29, 1.82) is 0 Å². The van der Waals surface area contributed by atoms with Crippen LogP contribution >= 0.6 is 0 Å². The number of rotatable bonds is 2. The van der Waals surface area contributed by atoms with Crippen molar-refractivity contribution < 1.29 is 4.79 Å². The fraction of sp³-hybridized carbons (Fsp3) is 0.562. The number of carbonyl (C=O) groups is 1. The van der Waals surface area contributed by atoms with Gasteiger partial charge >= 0.3 is 0 Å². The second kappa shape index (κ2) is 5.43. The highest BCUT2D eigenvalue weighted by Gasteiger charge is 2.36. The molecule has 1 saturated carbocycles. The molecule has 0 aromatic heterocycles. The van der Waals surface area contributed by atoms with E-state index < -0.39 is 0 Å². The van der Waals surface area contributed by atoms with Crippen LogP contribution in [0, 0.1) is 0 Å². The van der Waals surface area contributed by atoms with Gasteiger partial charge in [-0.05, 0) is 31.2 Å². The topological polar surface area (TPSA) is 41.1 Å². The molecule has 1 heterocycles. The monoisotopic (exact) mass is 258 g/mol. The summed E-state index contributed by atoms with van der Waals surface area (Å²) in [7, 11) is 0. The van der Waals surface area contributed by atoms with E-state index in [0.717, 1.165) is 23.8 Å². The summed E-state index contributed by atoms with van der Waals surface area (Å²) in [5, 5.41) is 0. The fourth-order valence-corrected chi connectivity index (χ4v) is 3.57. The Hall–Kier alpha value is -1.19. The van der Waals surface area contributed by atoms with Gasteiger partial charge in [-0.3, -0.25) is 10.2 Å². The van der Waals surface area contributed by atoms with Crippen molar-refractivity contribution in [2.45, 2.75) is 56.5 Å². The molecule has 1 aromatic carbocycles. The van der Waals surface area contributed by atoms with Gasteiger partial charge in [-0.15, -0.1) is 0 Å². The number of hydrogen-bond acceptors (Lipinski definition) is 3. The molecule has 3 rings (SSSR count). The number of nitrogens with one attached hydrogen (secondary N) is 2. The first-order chi connectivity index (χ1) is 9.33. The third-order valence-corrected chi connectivity index (χ3v) is 4.73. The van der Waals surface area contributed by atoms with Gasteiger partial charge < -0.3 is 0 Å². The van der Waals surface area contributed by atoms with Crippen LogP contribution in [0.1, 0.15) is 66.9 Å². The van der Waals surface area contributed by atoms with Crippen LogP contribution in [0.2, 0.25) is 0 Å². The lowest BCUT2D eigenvalue weighted by atomic mass is 9.76. The Morgan fingerprint density at radius 3 is 2.58 bits per heavy atom. The summed E-state index contributed by atoms with van der Waals surface area (Å²) in [6.45, 7) is 0. The first-order valence-electron chi connectivity index (χ1n) is 7.40. The van der Waals surface area contributed by atoms with Crippen molar-refractivity contribution in [1.82, 2.24) is 10.9 Å². The normalized spacial score (nSPS) is 26.2. The summed E-state index contributed by atoms with van der Waals surface area (Å²) in [5.74, 6) is 0. The highest BCUT2D eigenvalue weighted by molar-refractivity contribution is 5.77. The van der Waals surface area contributed by atoms with E-state index in [1.165, 1.54) is 38.5 Å². The van der Waals surface area contributed by atoms with Crippen LogP contribution < -0.4 is 10.9 Å². The van der Waals surface area contributed by atoms with Crippen molar-refractivity contribution in [3.05, 3.63) is 35.4 Å². The maximum absolute atomic E-state index is 11.1. The van der Waals surface area contributed by atoms with Gasteiger partial charge in [-0.1, -0.05) is 43.5 Å². The maximum atomic E-state index is 11.1. The highest BCUT2D eigenvalue weighted by Crippen LogP contribution is 2.37. The highest BCUT2D eigenvalue weighted by atomic mass is 16.1. The Morgan fingerprint density at radius 1 is 1.11 bits per heavy atom. The lowest BCUT2D eigenvalue weighted by Gasteiger charge is -2.44. The van der Waals surface area contributed by atoms with Crippen molar-refractivity contribution in [3.8, 4) is 0 Å². The summed E-state index contributed by atoms with van der Waals surface area (Å²) in [5.41, 5.74) is 9.27. The largest absolute Gasteiger partial charge is 0.298 e. The predicted octanol–water partition coefficient (Wildman–Crippen LogP) is 3.13. The number of hydrogen-bond donors (Lipinski definition) is 2. The van der Waals surface area contributed by atoms with Gasteiger partial charge in [0.25, 0.3) is 0 Å². The summed E-state index contributed by atoms with van der Waals surface area (Å²) in [6, 6.07) is 8.15. The fourth-order valence-electron chi connectivity index (χ4n) is 3.57. The van der Waals surface area contributed by atoms with E-state index in [1.54, 1.807) is 0 Å². The van der Waals surface area contributed by atoms with Gasteiger partial charge in [-0.2, -0.15) is 0 Å². The lowest BCUT2D eigenvalue weighted by molar-refractivity contribution is 0.111. The average molecular weight is 258 g/mol. The summed E-state index contributed by atoms with van der Waals surface area (Å²) in [4.78, 5) is 11.1. The summed E-state index contributed by atoms with van der Waals surface area (Å²) >= 11 is 0. The summed E-state index contributed by atoms with van der Waals surface area (Å²) in [6.07, 6.45) is 9.89. The Morgan fingerprint density at radius 2 is 1.89 bits per heavy atom. The molecule has 1 unspecified atom stereocenters. The molecule has 3 nitrogen and oxygen atoms in total. The molecule has 1 aromatic rings. The lowest BCUT2D eigenvalue weighted by Crippen LogP contribution is -2.58. The molecule has 2 fully saturated rings. The van der Waals surface area contributed by atoms with Gasteiger partial charge in [0.2, 0.25) is 0 Å². The molecule has 1 spiro atoms. The molecular weight excluding hydrogens is 236 g/mol. The molecule has 1 aliphatic heterocycles. The molecule has 102 valence electrons. The van der Waals surface area contributed by atoms with Crippen molar-refractivity contribution in [2.24, 2.45) is 0 Å². The van der Waals surface area contributed by atoms with Crippen molar-refractivity contribution in [2.75, 3.05) is 0 Å². The third-order valence-electron chi connectivity index (χ3n) is 4.73. The molecule has 0 amide bonds. The number of aldehydes is 1. The molecule has 0 radical (unpaired) electrons. The Balaban J connectivity index is 1.71. The van der Waals surface area contributed by atoms with Gasteiger partial charge in [0.05, 0.1) is 0 Å². The smallest absolute Gasteiger partial charge is 0.150 e. The van der Waals surface area contributed by atoms with E-state index in [1.807, 2.05) is 18.2 Å². The maximum Gasteiger partial charge on any atom is 0.150 e. The van der Waals surface area contributed by atoms with Gasteiger partial charge in [0.15, 0.2) is 0 Å². The first-order valence-corrected chi connectivity index (χ1v) is 7.40. The number of hydrazine groups is 1. The minimum Gasteiger partial charge on any atom is -0.298 e. The Labute approximate surface area is 114 Å². The van der Waals surface area contributed by atoms with E-state index in [9.17, 15) is 4.79 Å². The quantitative estimate of drug-likeness (QED) is 0.801. The van der Waals surface area contributed by atoms with Gasteiger partial charge in [0, 0.05) is 17.1 Å². The zero-order valence-corrected chi connectivity index (χ0v) is 11.3. The Kier molecular flexibility index (Phi) is 3.67. The van der Waals surface area contributed by atoms with Crippen LogP contribution in [0.25, 0.3) is 0 Å². The number of benzene rings is 1. The van der Waals surface area contributed by atoms with Crippen LogP contribution in [0.3, 0.4) is 0 Å². The molecule has 2 N–H and O–H groups in total. The van der Waals surface area contributed by atoms with Crippen molar-refractivity contribution in [3.63, 3.8) is 0 Å². The molecule has 1 aliphatic carbocycles. The molecule has 3 heteroatoms. The molecular formula is C16H22N2O. The van der Waals surface area contributed by atoms with E-state index in [-0.39, 0.29) is 6.04 Å². The second-order valence-corrected chi connectivity index (χ2v) is 5.95. The zero-order valence-electron chi connectivity index (χ0n) is 11.3. The average Bonchev–Trinajstić information content (AvgIpc) is 2.49. The standard InChI is InChI=1S/C16H22N2O/c19-12-13-6-2-3-7-14(13)15-8-11-16(18-17-15)9-4-1-5-10-16/h2-3,6-7,12,15,17-18H,1,4-5,8-11H2. The Bertz CT molecular complexity index is 442. The van der Waals surface area contributed by atoms with E-state index in [4.69, 9.17) is 0 Å². The van der Waals surface area contributed by atoms with Crippen LogP contribution in [0.4, 0.5) is 0 Å². The van der Waals surface area contributed by atoms with Crippen LogP contribution in [-0.4, -0.2) is 11.8 Å². The molecule has 0 bridgehead atoms. The van der Waals surface area contributed by atoms with E-state index in [2.05, 4.69) is 16.9 Å². The van der Waals surface area contributed by atoms with Crippen LogP contribution in [-0.2, 0) is 0 Å². The van der Waals surface area contributed by atoms with Gasteiger partial charge in [-0.25, -0.2) is 5.43 Å². The molecule has 1 atom stereocenters. The van der Waals surface area contributed by atoms with Crippen LogP contribution in [0.5, 0.6) is 0 Å².